The third kappa shape index (κ3) is 2.65. The third-order valence-corrected chi connectivity index (χ3v) is 3.84. The van der Waals surface area contributed by atoms with Crippen LogP contribution in [0.1, 0.15) is 0 Å². The van der Waals surface area contributed by atoms with Gasteiger partial charge in [-0.3, -0.25) is 4.72 Å². The van der Waals surface area contributed by atoms with Crippen LogP contribution in [0.5, 0.6) is 0 Å². The van der Waals surface area contributed by atoms with Crippen LogP contribution in [-0.2, 0) is 10.0 Å². The van der Waals surface area contributed by atoms with Gasteiger partial charge in [0, 0.05) is 0 Å². The molecule has 0 heterocycles. The summed E-state index contributed by atoms with van der Waals surface area (Å²) in [6.45, 7) is 0. The lowest BCUT2D eigenvalue weighted by Gasteiger charge is -2.10. The predicted octanol–water partition coefficient (Wildman–Crippen LogP) is 2.35. The molecule has 0 spiro atoms. The fraction of sp³-hybridized carbons (Fsp3) is 0. The number of nitrogens with one attached hydrogen (secondary N) is 1. The molecule has 0 atom stereocenters. The summed E-state index contributed by atoms with van der Waals surface area (Å²) in [4.78, 5) is -0.434. The van der Waals surface area contributed by atoms with Crippen LogP contribution < -0.4 is 10.5 Å². The SMILES string of the molecule is Nc1c(F)cccc1S(=O)(=O)Nc1ccccc1F. The van der Waals surface area contributed by atoms with Gasteiger partial charge in [0.15, 0.2) is 0 Å². The Hall–Kier alpha value is -2.15. The van der Waals surface area contributed by atoms with E-state index in [0.717, 1.165) is 18.2 Å². The van der Waals surface area contributed by atoms with Gasteiger partial charge in [0.1, 0.15) is 16.5 Å². The lowest BCUT2D eigenvalue weighted by Crippen LogP contribution is -2.16. The van der Waals surface area contributed by atoms with E-state index in [1.807, 2.05) is 4.72 Å². The Morgan fingerprint density at radius 2 is 1.58 bits per heavy atom. The molecule has 0 bridgehead atoms. The topological polar surface area (TPSA) is 72.2 Å². The molecule has 0 saturated heterocycles. The first-order valence-electron chi connectivity index (χ1n) is 5.23. The highest BCUT2D eigenvalue weighted by atomic mass is 32.2. The number of nitrogen functional groups attached to an aromatic ring is 1. The van der Waals surface area contributed by atoms with Gasteiger partial charge in [0.05, 0.1) is 11.4 Å². The molecule has 0 amide bonds. The van der Waals surface area contributed by atoms with Gasteiger partial charge in [-0.05, 0) is 24.3 Å². The summed E-state index contributed by atoms with van der Waals surface area (Å²) in [5, 5.41) is 0. The first-order chi connectivity index (χ1) is 8.92. The van der Waals surface area contributed by atoms with Crippen molar-refractivity contribution in [3.63, 3.8) is 0 Å². The van der Waals surface area contributed by atoms with Crippen LogP contribution in [0, 0.1) is 11.6 Å². The number of hydrogen-bond donors (Lipinski definition) is 2. The number of benzene rings is 2. The Morgan fingerprint density at radius 3 is 2.26 bits per heavy atom. The maximum Gasteiger partial charge on any atom is 0.264 e. The molecule has 0 aliphatic heterocycles. The Morgan fingerprint density at radius 1 is 0.947 bits per heavy atom. The molecule has 0 aliphatic carbocycles. The standard InChI is InChI=1S/C12H10F2N2O2S/c13-8-4-1-2-6-10(8)16-19(17,18)11-7-3-5-9(14)12(11)15/h1-7,16H,15H2. The molecule has 4 nitrogen and oxygen atoms in total. The van der Waals surface area contributed by atoms with Crippen molar-refractivity contribution in [3.8, 4) is 0 Å². The molecular weight excluding hydrogens is 274 g/mol. The fourth-order valence-corrected chi connectivity index (χ4v) is 2.71. The number of nitrogens with two attached hydrogens (primary N) is 1. The minimum atomic E-state index is -4.14. The highest BCUT2D eigenvalue weighted by Crippen LogP contribution is 2.24. The number of para-hydroxylation sites is 2. The molecule has 0 aromatic heterocycles. The molecule has 0 aliphatic rings. The Kier molecular flexibility index (Phi) is 3.39. The number of hydrogen-bond acceptors (Lipinski definition) is 3. The highest BCUT2D eigenvalue weighted by molar-refractivity contribution is 7.92. The van der Waals surface area contributed by atoms with E-state index in [4.69, 9.17) is 5.73 Å². The van der Waals surface area contributed by atoms with E-state index in [0.29, 0.717) is 0 Å². The van der Waals surface area contributed by atoms with Gasteiger partial charge in [-0.25, -0.2) is 17.2 Å². The van der Waals surface area contributed by atoms with Gasteiger partial charge in [0.2, 0.25) is 0 Å². The average molecular weight is 284 g/mol. The molecule has 2 rings (SSSR count). The van der Waals surface area contributed by atoms with E-state index >= 15 is 0 Å². The van der Waals surface area contributed by atoms with E-state index in [1.54, 1.807) is 0 Å². The second-order valence-corrected chi connectivity index (χ2v) is 5.39. The minimum absolute atomic E-state index is 0.230. The van der Waals surface area contributed by atoms with Crippen molar-refractivity contribution >= 4 is 21.4 Å². The summed E-state index contributed by atoms with van der Waals surface area (Å²) in [7, 11) is -4.14. The largest absolute Gasteiger partial charge is 0.395 e. The molecule has 3 N–H and O–H groups in total. The molecule has 2 aromatic carbocycles. The lowest BCUT2D eigenvalue weighted by molar-refractivity contribution is 0.595. The molecule has 0 fully saturated rings. The predicted molar refractivity (Wildman–Crippen MR) is 68.0 cm³/mol. The number of anilines is 2. The monoisotopic (exact) mass is 284 g/mol. The maximum absolute atomic E-state index is 13.4. The maximum atomic E-state index is 13.4. The fourth-order valence-electron chi connectivity index (χ4n) is 1.50. The molecular formula is C12H10F2N2O2S. The third-order valence-electron chi connectivity index (χ3n) is 2.42. The Bertz CT molecular complexity index is 717. The summed E-state index contributed by atoms with van der Waals surface area (Å²) in [5.74, 6) is -1.59. The number of sulfonamides is 1. The van der Waals surface area contributed by atoms with Crippen molar-refractivity contribution < 1.29 is 17.2 Å². The van der Waals surface area contributed by atoms with Crippen molar-refractivity contribution in [1.29, 1.82) is 0 Å². The van der Waals surface area contributed by atoms with Crippen LogP contribution >= 0.6 is 0 Å². The second-order valence-electron chi connectivity index (χ2n) is 3.74. The zero-order valence-corrected chi connectivity index (χ0v) is 10.4. The van der Waals surface area contributed by atoms with E-state index in [9.17, 15) is 17.2 Å². The Balaban J connectivity index is 2.44. The smallest absolute Gasteiger partial charge is 0.264 e. The summed E-state index contributed by atoms with van der Waals surface area (Å²) in [6.07, 6.45) is 0. The summed E-state index contributed by atoms with van der Waals surface area (Å²) in [5.41, 5.74) is 4.63. The van der Waals surface area contributed by atoms with E-state index in [2.05, 4.69) is 0 Å². The molecule has 0 radical (unpaired) electrons. The van der Waals surface area contributed by atoms with Gasteiger partial charge in [0.25, 0.3) is 10.0 Å². The van der Waals surface area contributed by atoms with Gasteiger partial charge >= 0.3 is 0 Å². The molecule has 2 aromatic rings. The number of rotatable bonds is 3. The summed E-state index contributed by atoms with van der Waals surface area (Å²) in [6, 6.07) is 8.63. The van der Waals surface area contributed by atoms with Gasteiger partial charge in [-0.15, -0.1) is 0 Å². The van der Waals surface area contributed by atoms with Gasteiger partial charge in [-0.2, -0.15) is 0 Å². The molecule has 7 heteroatoms. The second kappa shape index (κ2) is 4.85. The summed E-state index contributed by atoms with van der Waals surface area (Å²) < 4.78 is 52.6. The Labute approximate surface area is 108 Å². The van der Waals surface area contributed by atoms with Crippen LogP contribution in [0.4, 0.5) is 20.2 Å². The van der Waals surface area contributed by atoms with E-state index in [-0.39, 0.29) is 5.69 Å². The zero-order valence-electron chi connectivity index (χ0n) is 9.60. The van der Waals surface area contributed by atoms with Crippen molar-refractivity contribution in [2.45, 2.75) is 4.90 Å². The first-order valence-corrected chi connectivity index (χ1v) is 6.71. The van der Waals surface area contributed by atoms with Crippen molar-refractivity contribution in [2.24, 2.45) is 0 Å². The number of halogens is 2. The van der Waals surface area contributed by atoms with Crippen molar-refractivity contribution in [3.05, 3.63) is 54.1 Å². The van der Waals surface area contributed by atoms with Crippen LogP contribution in [-0.4, -0.2) is 8.42 Å². The molecule has 0 saturated carbocycles. The normalized spacial score (nSPS) is 11.3. The van der Waals surface area contributed by atoms with Gasteiger partial charge in [-0.1, -0.05) is 18.2 Å². The quantitative estimate of drug-likeness (QED) is 0.850. The zero-order chi connectivity index (χ0) is 14.0. The van der Waals surface area contributed by atoms with Gasteiger partial charge < -0.3 is 5.73 Å². The van der Waals surface area contributed by atoms with Crippen molar-refractivity contribution in [2.75, 3.05) is 10.5 Å². The lowest BCUT2D eigenvalue weighted by atomic mass is 10.3. The van der Waals surface area contributed by atoms with E-state index < -0.39 is 32.2 Å². The van der Waals surface area contributed by atoms with E-state index in [1.165, 1.54) is 24.3 Å². The van der Waals surface area contributed by atoms with Crippen LogP contribution in [0.2, 0.25) is 0 Å². The highest BCUT2D eigenvalue weighted by Gasteiger charge is 2.20. The molecule has 100 valence electrons. The first kappa shape index (κ1) is 13.3. The summed E-state index contributed by atoms with van der Waals surface area (Å²) >= 11 is 0. The van der Waals surface area contributed by atoms with Crippen LogP contribution in [0.25, 0.3) is 0 Å². The minimum Gasteiger partial charge on any atom is -0.395 e. The van der Waals surface area contributed by atoms with Crippen LogP contribution in [0.15, 0.2) is 47.4 Å². The van der Waals surface area contributed by atoms with Crippen LogP contribution in [0.3, 0.4) is 0 Å². The molecule has 19 heavy (non-hydrogen) atoms. The van der Waals surface area contributed by atoms with Crippen molar-refractivity contribution in [1.82, 2.24) is 0 Å². The average Bonchev–Trinajstić information content (AvgIpc) is 2.35. The molecule has 0 unspecified atom stereocenters.